The van der Waals surface area contributed by atoms with Crippen LogP contribution in [-0.4, -0.2) is 40.9 Å². The Kier molecular flexibility index (Phi) is 4.71. The summed E-state index contributed by atoms with van der Waals surface area (Å²) < 4.78 is 25.6. The van der Waals surface area contributed by atoms with Gasteiger partial charge in [0.1, 0.15) is 5.82 Å². The number of aryl methyl sites for hydroxylation is 1. The van der Waals surface area contributed by atoms with Crippen LogP contribution >= 0.6 is 0 Å². The summed E-state index contributed by atoms with van der Waals surface area (Å²) in [5.41, 5.74) is 2.21. The second-order valence-electron chi connectivity index (χ2n) is 7.64. The van der Waals surface area contributed by atoms with Gasteiger partial charge in [0.05, 0.1) is 28.1 Å². The maximum atomic E-state index is 12.5. The number of amides is 1. The van der Waals surface area contributed by atoms with E-state index in [9.17, 15) is 13.2 Å². The second kappa shape index (κ2) is 7.05. The predicted molar refractivity (Wildman–Crippen MR) is 109 cm³/mol. The molecule has 3 aromatic rings. The Labute approximate surface area is 164 Å². The van der Waals surface area contributed by atoms with Gasteiger partial charge in [0.25, 0.3) is 0 Å². The summed E-state index contributed by atoms with van der Waals surface area (Å²) in [7, 11) is -3.06. The summed E-state index contributed by atoms with van der Waals surface area (Å²) in [5.74, 6) is 0.806. The first-order chi connectivity index (χ1) is 13.4. The second-order valence-corrected chi connectivity index (χ2v) is 9.82. The third kappa shape index (κ3) is 3.80. The fourth-order valence-corrected chi connectivity index (χ4v) is 5.94. The number of fused-ring (bicyclic) bond motifs is 1. The first-order valence-electron chi connectivity index (χ1n) is 9.39. The van der Waals surface area contributed by atoms with E-state index in [-0.39, 0.29) is 23.8 Å². The van der Waals surface area contributed by atoms with E-state index >= 15 is 0 Å². The van der Waals surface area contributed by atoms with E-state index in [1.165, 1.54) is 0 Å². The Hall–Kier alpha value is -2.67. The predicted octanol–water partition coefficient (Wildman–Crippen LogP) is 2.65. The summed E-state index contributed by atoms with van der Waals surface area (Å²) in [4.78, 5) is 17.2. The first-order valence-corrected chi connectivity index (χ1v) is 11.2. The van der Waals surface area contributed by atoms with Crippen molar-refractivity contribution in [3.63, 3.8) is 0 Å². The lowest BCUT2D eigenvalue weighted by molar-refractivity contribution is -0.122. The minimum absolute atomic E-state index is 0.00820. The minimum Gasteiger partial charge on any atom is -0.350 e. The molecule has 0 bridgehead atoms. The van der Waals surface area contributed by atoms with Crippen LogP contribution in [0.15, 0.2) is 54.6 Å². The molecule has 6 nitrogen and oxygen atoms in total. The van der Waals surface area contributed by atoms with Crippen molar-refractivity contribution in [2.24, 2.45) is 0 Å². The first kappa shape index (κ1) is 18.7. The van der Waals surface area contributed by atoms with Crippen LogP contribution in [-0.2, 0) is 21.1 Å². The van der Waals surface area contributed by atoms with Gasteiger partial charge in [-0.05, 0) is 37.6 Å². The SMILES string of the molecule is CC1(NC(=O)CCc2nc3ccccc3n2-c2ccccc2)CCS(=O)(=O)C1. The summed E-state index contributed by atoms with van der Waals surface area (Å²) >= 11 is 0. The third-order valence-electron chi connectivity index (χ3n) is 5.16. The van der Waals surface area contributed by atoms with Crippen LogP contribution in [0, 0.1) is 0 Å². The molecule has 1 aliphatic heterocycles. The molecule has 28 heavy (non-hydrogen) atoms. The number of sulfone groups is 1. The van der Waals surface area contributed by atoms with Crippen LogP contribution in [0.3, 0.4) is 0 Å². The number of nitrogens with zero attached hydrogens (tertiary/aromatic N) is 2. The standard InChI is InChI=1S/C21H23N3O3S/c1-21(13-14-28(26,27)15-21)23-20(25)12-11-19-22-17-9-5-6-10-18(17)24(19)16-7-3-2-4-8-16/h2-10H,11-15H2,1H3,(H,23,25). The highest BCUT2D eigenvalue weighted by atomic mass is 32.2. The van der Waals surface area contributed by atoms with Crippen molar-refractivity contribution >= 4 is 26.8 Å². The molecule has 0 aliphatic carbocycles. The molecular weight excluding hydrogens is 374 g/mol. The van der Waals surface area contributed by atoms with Gasteiger partial charge in [0.15, 0.2) is 9.84 Å². The maximum absolute atomic E-state index is 12.5. The number of hydrogen-bond acceptors (Lipinski definition) is 4. The van der Waals surface area contributed by atoms with Gasteiger partial charge >= 0.3 is 0 Å². The maximum Gasteiger partial charge on any atom is 0.220 e. The van der Waals surface area contributed by atoms with Gasteiger partial charge in [0.2, 0.25) is 5.91 Å². The van der Waals surface area contributed by atoms with Gasteiger partial charge in [-0.25, -0.2) is 13.4 Å². The zero-order valence-electron chi connectivity index (χ0n) is 15.8. The van der Waals surface area contributed by atoms with Crippen LogP contribution < -0.4 is 5.32 Å². The molecule has 1 aliphatic rings. The number of nitrogens with one attached hydrogen (secondary N) is 1. The molecule has 146 valence electrons. The van der Waals surface area contributed by atoms with E-state index < -0.39 is 15.4 Å². The average Bonchev–Trinajstić information content (AvgIpc) is 3.16. The molecule has 1 aromatic heterocycles. The zero-order chi connectivity index (χ0) is 19.8. The monoisotopic (exact) mass is 397 g/mol. The molecule has 2 heterocycles. The molecule has 1 unspecified atom stereocenters. The largest absolute Gasteiger partial charge is 0.350 e. The van der Waals surface area contributed by atoms with Crippen molar-refractivity contribution in [1.29, 1.82) is 0 Å². The number of para-hydroxylation sites is 3. The molecule has 4 rings (SSSR count). The van der Waals surface area contributed by atoms with Crippen LogP contribution in [0.5, 0.6) is 0 Å². The van der Waals surface area contributed by atoms with Gasteiger partial charge in [-0.3, -0.25) is 9.36 Å². The molecule has 0 radical (unpaired) electrons. The van der Waals surface area contributed by atoms with E-state index in [1.54, 1.807) is 6.92 Å². The van der Waals surface area contributed by atoms with E-state index in [2.05, 4.69) is 9.88 Å². The summed E-state index contributed by atoms with van der Waals surface area (Å²) in [6.45, 7) is 1.80. The van der Waals surface area contributed by atoms with Crippen LogP contribution in [0.1, 0.15) is 25.6 Å². The van der Waals surface area contributed by atoms with Crippen LogP contribution in [0.25, 0.3) is 16.7 Å². The number of carbonyl (C=O) groups is 1. The Morgan fingerprint density at radius 2 is 1.86 bits per heavy atom. The molecule has 1 N–H and O–H groups in total. The molecule has 0 spiro atoms. The van der Waals surface area contributed by atoms with Crippen molar-refractivity contribution < 1.29 is 13.2 Å². The number of hydrogen-bond donors (Lipinski definition) is 1. The highest BCUT2D eigenvalue weighted by molar-refractivity contribution is 7.91. The van der Waals surface area contributed by atoms with Gasteiger partial charge in [-0.15, -0.1) is 0 Å². The van der Waals surface area contributed by atoms with E-state index in [0.29, 0.717) is 12.8 Å². The Bertz CT molecular complexity index is 1120. The normalized spacial score (nSPS) is 21.0. The fourth-order valence-electron chi connectivity index (χ4n) is 3.84. The average molecular weight is 398 g/mol. The summed E-state index contributed by atoms with van der Waals surface area (Å²) in [6, 6.07) is 17.8. The summed E-state index contributed by atoms with van der Waals surface area (Å²) in [5, 5.41) is 2.92. The smallest absolute Gasteiger partial charge is 0.220 e. The molecular formula is C21H23N3O3S. The molecule has 1 fully saturated rings. The van der Waals surface area contributed by atoms with E-state index in [0.717, 1.165) is 22.5 Å². The van der Waals surface area contributed by atoms with Crippen molar-refractivity contribution in [1.82, 2.24) is 14.9 Å². The molecule has 7 heteroatoms. The highest BCUT2D eigenvalue weighted by Gasteiger charge is 2.39. The highest BCUT2D eigenvalue weighted by Crippen LogP contribution is 2.24. The lowest BCUT2D eigenvalue weighted by atomic mass is 10.0. The fraction of sp³-hybridized carbons (Fsp3) is 0.333. The van der Waals surface area contributed by atoms with Gasteiger partial charge in [-0.2, -0.15) is 0 Å². The van der Waals surface area contributed by atoms with Crippen LogP contribution in [0.2, 0.25) is 0 Å². The molecule has 1 amide bonds. The third-order valence-corrected chi connectivity index (χ3v) is 7.07. The molecule has 2 aromatic carbocycles. The Morgan fingerprint density at radius 3 is 2.57 bits per heavy atom. The zero-order valence-corrected chi connectivity index (χ0v) is 16.6. The Balaban J connectivity index is 1.55. The Morgan fingerprint density at radius 1 is 1.14 bits per heavy atom. The molecule has 1 saturated heterocycles. The van der Waals surface area contributed by atoms with Gasteiger partial charge in [-0.1, -0.05) is 30.3 Å². The van der Waals surface area contributed by atoms with E-state index in [4.69, 9.17) is 4.98 Å². The molecule has 0 saturated carbocycles. The number of benzene rings is 2. The lowest BCUT2D eigenvalue weighted by Crippen LogP contribution is -2.47. The topological polar surface area (TPSA) is 81.1 Å². The van der Waals surface area contributed by atoms with Crippen LogP contribution in [0.4, 0.5) is 0 Å². The van der Waals surface area contributed by atoms with Crippen molar-refractivity contribution in [2.75, 3.05) is 11.5 Å². The van der Waals surface area contributed by atoms with Gasteiger partial charge in [0, 0.05) is 18.5 Å². The minimum atomic E-state index is -3.06. The summed E-state index contributed by atoms with van der Waals surface area (Å²) in [6.07, 6.45) is 1.19. The van der Waals surface area contributed by atoms with Crippen molar-refractivity contribution in [3.8, 4) is 5.69 Å². The van der Waals surface area contributed by atoms with Crippen molar-refractivity contribution in [2.45, 2.75) is 31.7 Å². The number of carbonyl (C=O) groups excluding carboxylic acids is 1. The number of rotatable bonds is 5. The number of aromatic nitrogens is 2. The number of imidazole rings is 1. The van der Waals surface area contributed by atoms with Gasteiger partial charge < -0.3 is 5.32 Å². The van der Waals surface area contributed by atoms with E-state index in [1.807, 2.05) is 54.6 Å². The van der Waals surface area contributed by atoms with Crippen molar-refractivity contribution in [3.05, 3.63) is 60.4 Å². The quantitative estimate of drug-likeness (QED) is 0.718. The molecule has 1 atom stereocenters. The lowest BCUT2D eigenvalue weighted by Gasteiger charge is -2.23.